The quantitative estimate of drug-likeness (QED) is 0.766. The van der Waals surface area contributed by atoms with Crippen LogP contribution in [-0.2, 0) is 10.0 Å². The zero-order valence-corrected chi connectivity index (χ0v) is 16.0. The summed E-state index contributed by atoms with van der Waals surface area (Å²) in [4.78, 5) is 12.5. The molecule has 27 heavy (non-hydrogen) atoms. The van der Waals surface area contributed by atoms with Crippen LogP contribution in [0.25, 0.3) is 0 Å². The first-order valence-electron chi connectivity index (χ1n) is 8.77. The van der Waals surface area contributed by atoms with Crippen molar-refractivity contribution in [2.45, 2.75) is 24.2 Å². The maximum atomic E-state index is 13.0. The number of hydrogen-bond donors (Lipinski definition) is 2. The molecule has 1 heterocycles. The molecule has 1 aliphatic heterocycles. The third kappa shape index (κ3) is 4.23. The van der Waals surface area contributed by atoms with Gasteiger partial charge in [-0.2, -0.15) is 4.31 Å². The molecule has 2 aromatic carbocycles. The maximum Gasteiger partial charge on any atom is 0.255 e. The molecule has 0 radical (unpaired) electrons. The molecule has 0 saturated carbocycles. The number of nitrogens with two attached hydrogens (primary N) is 1. The van der Waals surface area contributed by atoms with Gasteiger partial charge in [0.25, 0.3) is 5.91 Å². The highest BCUT2D eigenvalue weighted by molar-refractivity contribution is 7.89. The number of nitrogens with zero attached hydrogens (tertiary/aromatic N) is 1. The van der Waals surface area contributed by atoms with Crippen LogP contribution in [0.4, 0.5) is 11.4 Å². The molecule has 0 aromatic heterocycles. The molecule has 144 valence electrons. The number of methoxy groups -OCH3 is 1. The van der Waals surface area contributed by atoms with Crippen LogP contribution in [0, 0.1) is 0 Å². The van der Waals surface area contributed by atoms with Crippen LogP contribution in [0.5, 0.6) is 5.75 Å². The Morgan fingerprint density at radius 3 is 2.52 bits per heavy atom. The van der Waals surface area contributed by atoms with E-state index in [-0.39, 0.29) is 16.6 Å². The van der Waals surface area contributed by atoms with E-state index in [1.54, 1.807) is 36.4 Å². The van der Waals surface area contributed by atoms with Crippen molar-refractivity contribution in [1.29, 1.82) is 0 Å². The Labute approximate surface area is 159 Å². The lowest BCUT2D eigenvalue weighted by Crippen LogP contribution is -2.35. The molecule has 0 atom stereocenters. The molecule has 1 saturated heterocycles. The lowest BCUT2D eigenvalue weighted by atomic mass is 10.2. The largest absolute Gasteiger partial charge is 0.495 e. The minimum atomic E-state index is -3.70. The normalized spacial score (nSPS) is 15.3. The van der Waals surface area contributed by atoms with E-state index < -0.39 is 10.0 Å². The van der Waals surface area contributed by atoms with E-state index in [1.165, 1.54) is 17.5 Å². The number of carbonyl (C=O) groups is 1. The van der Waals surface area contributed by atoms with Crippen LogP contribution in [0.2, 0.25) is 0 Å². The van der Waals surface area contributed by atoms with Gasteiger partial charge in [-0.1, -0.05) is 12.5 Å². The molecule has 1 fully saturated rings. The van der Waals surface area contributed by atoms with Gasteiger partial charge in [-0.15, -0.1) is 0 Å². The number of nitrogen functional groups attached to an aromatic ring is 1. The zero-order valence-electron chi connectivity index (χ0n) is 15.1. The Kier molecular flexibility index (Phi) is 5.67. The summed E-state index contributed by atoms with van der Waals surface area (Å²) in [6, 6.07) is 11.2. The summed E-state index contributed by atoms with van der Waals surface area (Å²) in [6.45, 7) is 0.983. The summed E-state index contributed by atoms with van der Waals surface area (Å²) < 4.78 is 32.8. The van der Waals surface area contributed by atoms with Gasteiger partial charge in [0, 0.05) is 30.0 Å². The molecular weight excluding hydrogens is 366 g/mol. The number of hydrogen-bond acceptors (Lipinski definition) is 5. The van der Waals surface area contributed by atoms with Crippen LogP contribution in [0.15, 0.2) is 47.4 Å². The van der Waals surface area contributed by atoms with Crippen molar-refractivity contribution >= 4 is 27.3 Å². The third-order valence-corrected chi connectivity index (χ3v) is 6.42. The maximum absolute atomic E-state index is 13.0. The summed E-state index contributed by atoms with van der Waals surface area (Å²) >= 11 is 0. The van der Waals surface area contributed by atoms with Crippen molar-refractivity contribution in [3.8, 4) is 5.75 Å². The van der Waals surface area contributed by atoms with Crippen LogP contribution in [0.1, 0.15) is 29.6 Å². The van der Waals surface area contributed by atoms with Crippen LogP contribution in [0.3, 0.4) is 0 Å². The predicted molar refractivity (Wildman–Crippen MR) is 104 cm³/mol. The summed E-state index contributed by atoms with van der Waals surface area (Å²) in [5, 5.41) is 2.72. The molecule has 8 heteroatoms. The third-order valence-electron chi connectivity index (χ3n) is 4.50. The molecule has 1 amide bonds. The van der Waals surface area contributed by atoms with Crippen molar-refractivity contribution in [2.75, 3.05) is 31.2 Å². The Morgan fingerprint density at radius 2 is 1.85 bits per heavy atom. The number of rotatable bonds is 5. The molecule has 1 aliphatic rings. The minimum Gasteiger partial charge on any atom is -0.495 e. The fourth-order valence-electron chi connectivity index (χ4n) is 3.08. The highest BCUT2D eigenvalue weighted by Gasteiger charge is 2.29. The van der Waals surface area contributed by atoms with Gasteiger partial charge < -0.3 is 15.8 Å². The van der Waals surface area contributed by atoms with Crippen molar-refractivity contribution in [1.82, 2.24) is 4.31 Å². The Morgan fingerprint density at radius 1 is 1.11 bits per heavy atom. The number of anilines is 2. The van der Waals surface area contributed by atoms with Crippen LogP contribution >= 0.6 is 0 Å². The zero-order chi connectivity index (χ0) is 19.4. The highest BCUT2D eigenvalue weighted by atomic mass is 32.2. The summed E-state index contributed by atoms with van der Waals surface area (Å²) in [5.74, 6) is -0.115. The molecule has 3 N–H and O–H groups in total. The van der Waals surface area contributed by atoms with Gasteiger partial charge in [0.15, 0.2) is 0 Å². The van der Waals surface area contributed by atoms with Gasteiger partial charge in [0.2, 0.25) is 10.0 Å². The van der Waals surface area contributed by atoms with Crippen molar-refractivity contribution in [3.05, 3.63) is 48.0 Å². The van der Waals surface area contributed by atoms with E-state index >= 15 is 0 Å². The van der Waals surface area contributed by atoms with E-state index in [9.17, 15) is 13.2 Å². The van der Waals surface area contributed by atoms with E-state index in [4.69, 9.17) is 10.5 Å². The van der Waals surface area contributed by atoms with E-state index in [0.29, 0.717) is 30.0 Å². The lowest BCUT2D eigenvalue weighted by Gasteiger charge is -2.26. The first-order valence-corrected chi connectivity index (χ1v) is 10.2. The monoisotopic (exact) mass is 389 g/mol. The summed E-state index contributed by atoms with van der Waals surface area (Å²) in [5.41, 5.74) is 6.96. The average Bonchev–Trinajstić information content (AvgIpc) is 2.68. The molecule has 7 nitrogen and oxygen atoms in total. The number of amides is 1. The van der Waals surface area contributed by atoms with Crippen molar-refractivity contribution < 1.29 is 17.9 Å². The van der Waals surface area contributed by atoms with Gasteiger partial charge in [0.05, 0.1) is 7.11 Å². The first kappa shape index (κ1) is 19.2. The predicted octanol–water partition coefficient (Wildman–Crippen LogP) is 2.70. The van der Waals surface area contributed by atoms with E-state index in [2.05, 4.69) is 5.32 Å². The summed E-state index contributed by atoms with van der Waals surface area (Å²) in [6.07, 6.45) is 2.71. The fraction of sp³-hybridized carbons (Fsp3) is 0.316. The Hall–Kier alpha value is -2.58. The molecule has 0 spiro atoms. The van der Waals surface area contributed by atoms with Crippen molar-refractivity contribution in [2.24, 2.45) is 0 Å². The number of sulfonamides is 1. The number of benzene rings is 2. The molecule has 0 aliphatic carbocycles. The average molecular weight is 389 g/mol. The number of ether oxygens (including phenoxy) is 1. The second-order valence-electron chi connectivity index (χ2n) is 6.41. The van der Waals surface area contributed by atoms with Crippen LogP contribution in [-0.4, -0.2) is 38.8 Å². The molecular formula is C19H23N3O4S. The highest BCUT2D eigenvalue weighted by Crippen LogP contribution is 2.31. The lowest BCUT2D eigenvalue weighted by molar-refractivity contribution is 0.102. The van der Waals surface area contributed by atoms with Gasteiger partial charge in [0.1, 0.15) is 10.6 Å². The SMILES string of the molecule is COc1ccc(NC(=O)c2cccc(N)c2)cc1S(=O)(=O)N1CCCCC1. The molecule has 3 rings (SSSR count). The van der Waals surface area contributed by atoms with Gasteiger partial charge >= 0.3 is 0 Å². The number of piperidine rings is 1. The van der Waals surface area contributed by atoms with Gasteiger partial charge in [-0.25, -0.2) is 8.42 Å². The Balaban J connectivity index is 1.90. The molecule has 2 aromatic rings. The summed E-state index contributed by atoms with van der Waals surface area (Å²) in [7, 11) is -2.27. The number of nitrogens with one attached hydrogen (secondary N) is 1. The van der Waals surface area contributed by atoms with Crippen molar-refractivity contribution in [3.63, 3.8) is 0 Å². The number of carbonyl (C=O) groups excluding carboxylic acids is 1. The molecule has 0 unspecified atom stereocenters. The first-order chi connectivity index (χ1) is 12.9. The van der Waals surface area contributed by atoms with E-state index in [1.807, 2.05) is 0 Å². The van der Waals surface area contributed by atoms with E-state index in [0.717, 1.165) is 19.3 Å². The second-order valence-corrected chi connectivity index (χ2v) is 8.32. The molecule has 0 bridgehead atoms. The minimum absolute atomic E-state index is 0.0530. The Bertz CT molecular complexity index is 938. The topological polar surface area (TPSA) is 102 Å². The smallest absolute Gasteiger partial charge is 0.255 e. The van der Waals surface area contributed by atoms with Crippen LogP contribution < -0.4 is 15.8 Å². The standard InChI is InChI=1S/C19H23N3O4S/c1-26-17-9-8-16(21-19(23)14-6-5-7-15(20)12-14)13-18(17)27(24,25)22-10-3-2-4-11-22/h5-9,12-13H,2-4,10-11,20H2,1H3,(H,21,23). The van der Waals surface area contributed by atoms with Gasteiger partial charge in [-0.05, 0) is 49.2 Å². The second kappa shape index (κ2) is 7.98. The fourth-order valence-corrected chi connectivity index (χ4v) is 4.78. The van der Waals surface area contributed by atoms with Gasteiger partial charge in [-0.3, -0.25) is 4.79 Å².